The van der Waals surface area contributed by atoms with Crippen molar-refractivity contribution < 1.29 is 13.2 Å². The number of imidazole rings is 1. The van der Waals surface area contributed by atoms with Gasteiger partial charge in [0.15, 0.2) is 0 Å². The lowest BCUT2D eigenvalue weighted by Crippen LogP contribution is -2.07. The Bertz CT molecular complexity index is 1120. The van der Waals surface area contributed by atoms with Crippen molar-refractivity contribution in [1.29, 1.82) is 0 Å². The number of aromatic amines is 1. The summed E-state index contributed by atoms with van der Waals surface area (Å²) >= 11 is 5.77. The maximum atomic E-state index is 13.4. The largest absolute Gasteiger partial charge is 0.417 e. The Morgan fingerprint density at radius 3 is 2.68 bits per heavy atom. The summed E-state index contributed by atoms with van der Waals surface area (Å²) in [5.74, 6) is 0.134. The van der Waals surface area contributed by atoms with E-state index in [0.717, 1.165) is 11.6 Å². The topological polar surface area (TPSA) is 53.6 Å². The van der Waals surface area contributed by atoms with Crippen molar-refractivity contribution in [3.63, 3.8) is 0 Å². The average molecular weight is 403 g/mol. The van der Waals surface area contributed by atoms with Gasteiger partial charge in [-0.1, -0.05) is 23.7 Å². The van der Waals surface area contributed by atoms with Crippen molar-refractivity contribution in [1.82, 2.24) is 15.0 Å². The molecule has 2 aromatic carbocycles. The number of anilines is 1. The normalized spacial score (nSPS) is 11.7. The number of pyridine rings is 1. The first-order valence-electron chi connectivity index (χ1n) is 8.40. The van der Waals surface area contributed by atoms with Gasteiger partial charge in [0.2, 0.25) is 0 Å². The molecule has 0 spiro atoms. The van der Waals surface area contributed by atoms with E-state index in [-0.39, 0.29) is 16.4 Å². The molecule has 2 N–H and O–H groups in total. The lowest BCUT2D eigenvalue weighted by atomic mass is 10.1. The number of halogens is 4. The average Bonchev–Trinajstić information content (AvgIpc) is 3.11. The molecule has 142 valence electrons. The molecular formula is C20H14ClF3N4. The van der Waals surface area contributed by atoms with Gasteiger partial charge in [0.1, 0.15) is 11.3 Å². The third kappa shape index (κ3) is 3.66. The molecule has 0 saturated heterocycles. The van der Waals surface area contributed by atoms with E-state index >= 15 is 0 Å². The molecule has 0 unspecified atom stereocenters. The Labute approximate surface area is 163 Å². The summed E-state index contributed by atoms with van der Waals surface area (Å²) in [5, 5.41) is 3.28. The summed E-state index contributed by atoms with van der Waals surface area (Å²) < 4.78 is 40.3. The van der Waals surface area contributed by atoms with Gasteiger partial charge >= 0.3 is 6.18 Å². The molecule has 4 nitrogen and oxygen atoms in total. The van der Waals surface area contributed by atoms with Crippen LogP contribution in [0.4, 0.5) is 18.9 Å². The summed E-state index contributed by atoms with van der Waals surface area (Å²) in [6, 6.07) is 12.8. The Kier molecular flexibility index (Phi) is 4.68. The number of para-hydroxylation sites is 1. The fourth-order valence-electron chi connectivity index (χ4n) is 2.96. The number of fused-ring (bicyclic) bond motifs is 1. The number of alkyl halides is 3. The molecular weight excluding hydrogens is 389 g/mol. The molecule has 0 bridgehead atoms. The zero-order chi connectivity index (χ0) is 19.7. The van der Waals surface area contributed by atoms with Gasteiger partial charge in [0, 0.05) is 29.5 Å². The van der Waals surface area contributed by atoms with Crippen molar-refractivity contribution >= 4 is 28.3 Å². The SMILES string of the molecule is FC(F)(F)c1cc(Cl)ccc1-c1nc2c(NCc3cccnc3)cccc2[nH]1. The highest BCUT2D eigenvalue weighted by molar-refractivity contribution is 6.30. The third-order valence-corrected chi connectivity index (χ3v) is 4.50. The number of H-pyrrole nitrogens is 1. The van der Waals surface area contributed by atoms with E-state index in [4.69, 9.17) is 11.6 Å². The first-order chi connectivity index (χ1) is 13.4. The molecule has 0 radical (unpaired) electrons. The van der Waals surface area contributed by atoms with Gasteiger partial charge in [0.25, 0.3) is 0 Å². The minimum Gasteiger partial charge on any atom is -0.379 e. The van der Waals surface area contributed by atoms with Gasteiger partial charge in [-0.3, -0.25) is 4.98 Å². The molecule has 2 heterocycles. The molecule has 0 atom stereocenters. The van der Waals surface area contributed by atoms with Crippen LogP contribution in [0.2, 0.25) is 5.02 Å². The number of hydrogen-bond donors (Lipinski definition) is 2. The summed E-state index contributed by atoms with van der Waals surface area (Å²) in [4.78, 5) is 11.5. The van der Waals surface area contributed by atoms with Gasteiger partial charge in [-0.15, -0.1) is 0 Å². The van der Waals surface area contributed by atoms with Crippen LogP contribution in [0.15, 0.2) is 60.9 Å². The van der Waals surface area contributed by atoms with Crippen LogP contribution in [0, 0.1) is 0 Å². The van der Waals surface area contributed by atoms with E-state index in [9.17, 15) is 13.2 Å². The molecule has 4 rings (SSSR count). The highest BCUT2D eigenvalue weighted by Gasteiger charge is 2.34. The van der Waals surface area contributed by atoms with Crippen molar-refractivity contribution in [2.45, 2.75) is 12.7 Å². The van der Waals surface area contributed by atoms with E-state index in [1.165, 1.54) is 12.1 Å². The molecule has 0 aliphatic carbocycles. The predicted molar refractivity (Wildman–Crippen MR) is 103 cm³/mol. The minimum absolute atomic E-state index is 0.0195. The number of rotatable bonds is 4. The lowest BCUT2D eigenvalue weighted by Gasteiger charge is -2.11. The van der Waals surface area contributed by atoms with Gasteiger partial charge in [-0.05, 0) is 42.0 Å². The fraction of sp³-hybridized carbons (Fsp3) is 0.100. The summed E-state index contributed by atoms with van der Waals surface area (Å²) in [5.41, 5.74) is 2.01. The smallest absolute Gasteiger partial charge is 0.379 e. The predicted octanol–water partition coefficient (Wildman–Crippen LogP) is 5.91. The summed E-state index contributed by atoms with van der Waals surface area (Å²) in [7, 11) is 0. The van der Waals surface area contributed by atoms with Crippen molar-refractivity contribution in [2.24, 2.45) is 0 Å². The number of benzene rings is 2. The Morgan fingerprint density at radius 1 is 1.07 bits per heavy atom. The van der Waals surface area contributed by atoms with Crippen LogP contribution >= 0.6 is 11.6 Å². The van der Waals surface area contributed by atoms with Gasteiger partial charge < -0.3 is 10.3 Å². The van der Waals surface area contributed by atoms with Gasteiger partial charge in [-0.25, -0.2) is 4.98 Å². The summed E-state index contributed by atoms with van der Waals surface area (Å²) in [6.07, 6.45) is -1.11. The standard InChI is InChI=1S/C20H14ClF3N4/c21-13-6-7-14(15(9-13)20(22,23)24)19-27-17-5-1-4-16(18(17)28-19)26-11-12-3-2-8-25-10-12/h1-10,26H,11H2,(H,27,28). The second-order valence-corrected chi connectivity index (χ2v) is 6.63. The van der Waals surface area contributed by atoms with Crippen molar-refractivity contribution in [2.75, 3.05) is 5.32 Å². The van der Waals surface area contributed by atoms with E-state index in [2.05, 4.69) is 20.3 Å². The van der Waals surface area contributed by atoms with Crippen LogP contribution in [0.3, 0.4) is 0 Å². The third-order valence-electron chi connectivity index (χ3n) is 4.26. The molecule has 0 fully saturated rings. The number of hydrogen-bond acceptors (Lipinski definition) is 3. The highest BCUT2D eigenvalue weighted by Crippen LogP contribution is 2.38. The molecule has 0 amide bonds. The van der Waals surface area contributed by atoms with Crippen LogP contribution in [0.1, 0.15) is 11.1 Å². The second-order valence-electron chi connectivity index (χ2n) is 6.19. The van der Waals surface area contributed by atoms with Crippen LogP contribution in [0.5, 0.6) is 0 Å². The Morgan fingerprint density at radius 2 is 1.93 bits per heavy atom. The second kappa shape index (κ2) is 7.16. The summed E-state index contributed by atoms with van der Waals surface area (Å²) in [6.45, 7) is 0.518. The molecule has 0 saturated carbocycles. The maximum absolute atomic E-state index is 13.4. The molecule has 0 aliphatic rings. The number of nitrogens with zero attached hydrogens (tertiary/aromatic N) is 2. The first kappa shape index (κ1) is 18.3. The van der Waals surface area contributed by atoms with E-state index in [1.54, 1.807) is 18.5 Å². The number of aromatic nitrogens is 3. The van der Waals surface area contributed by atoms with Crippen molar-refractivity contribution in [3.05, 3.63) is 77.1 Å². The molecule has 8 heteroatoms. The fourth-order valence-corrected chi connectivity index (χ4v) is 3.13. The van der Waals surface area contributed by atoms with E-state index in [0.29, 0.717) is 23.3 Å². The van der Waals surface area contributed by atoms with Crippen LogP contribution in [-0.4, -0.2) is 15.0 Å². The Balaban J connectivity index is 1.73. The quantitative estimate of drug-likeness (QED) is 0.446. The molecule has 28 heavy (non-hydrogen) atoms. The zero-order valence-electron chi connectivity index (χ0n) is 14.4. The number of nitrogens with one attached hydrogen (secondary N) is 2. The van der Waals surface area contributed by atoms with Crippen LogP contribution in [0.25, 0.3) is 22.4 Å². The highest BCUT2D eigenvalue weighted by atomic mass is 35.5. The lowest BCUT2D eigenvalue weighted by molar-refractivity contribution is -0.137. The maximum Gasteiger partial charge on any atom is 0.417 e. The minimum atomic E-state index is -4.54. The van der Waals surface area contributed by atoms with E-state index < -0.39 is 11.7 Å². The van der Waals surface area contributed by atoms with Gasteiger partial charge in [-0.2, -0.15) is 13.2 Å². The first-order valence-corrected chi connectivity index (χ1v) is 8.78. The van der Waals surface area contributed by atoms with Gasteiger partial charge in [0.05, 0.1) is 16.8 Å². The van der Waals surface area contributed by atoms with Crippen LogP contribution in [-0.2, 0) is 12.7 Å². The molecule has 0 aliphatic heterocycles. The Hall–Kier alpha value is -3.06. The van der Waals surface area contributed by atoms with Crippen molar-refractivity contribution in [3.8, 4) is 11.4 Å². The molecule has 4 aromatic rings. The zero-order valence-corrected chi connectivity index (χ0v) is 15.1. The monoisotopic (exact) mass is 402 g/mol. The van der Waals surface area contributed by atoms with Crippen LogP contribution < -0.4 is 5.32 Å². The van der Waals surface area contributed by atoms with E-state index in [1.807, 2.05) is 24.3 Å². The molecule has 2 aromatic heterocycles.